The number of nitrogens with zero attached hydrogens (tertiary/aromatic N) is 2. The summed E-state index contributed by atoms with van der Waals surface area (Å²) in [6, 6.07) is 7.83. The second kappa shape index (κ2) is 7.87. The van der Waals surface area contributed by atoms with Crippen LogP contribution in [0.5, 0.6) is 0 Å². The molecule has 0 aliphatic carbocycles. The van der Waals surface area contributed by atoms with Crippen molar-refractivity contribution in [1.29, 1.82) is 0 Å². The minimum Gasteiger partial charge on any atom is -0.465 e. The van der Waals surface area contributed by atoms with Crippen LogP contribution in [0.4, 0.5) is 10.8 Å². The van der Waals surface area contributed by atoms with Gasteiger partial charge in [0.1, 0.15) is 4.88 Å². The molecule has 1 aromatic heterocycles. The quantitative estimate of drug-likeness (QED) is 0.797. The number of hydrogen-bond donors (Lipinski definition) is 1. The molecule has 7 nitrogen and oxygen atoms in total. The largest absolute Gasteiger partial charge is 0.465 e. The highest BCUT2D eigenvalue weighted by molar-refractivity contribution is 7.17. The smallest absolute Gasteiger partial charge is 0.349 e. The Labute approximate surface area is 161 Å². The maximum Gasteiger partial charge on any atom is 0.349 e. The summed E-state index contributed by atoms with van der Waals surface area (Å²) in [5.74, 6) is -0.969. The molecule has 1 aliphatic rings. The van der Waals surface area contributed by atoms with Crippen LogP contribution in [0.2, 0.25) is 0 Å². The fourth-order valence-corrected chi connectivity index (χ4v) is 3.66. The van der Waals surface area contributed by atoms with Crippen molar-refractivity contribution in [3.8, 4) is 0 Å². The van der Waals surface area contributed by atoms with Crippen LogP contribution >= 0.6 is 11.3 Å². The maximum absolute atomic E-state index is 12.5. The average Bonchev–Trinajstić information content (AvgIpc) is 3.28. The summed E-state index contributed by atoms with van der Waals surface area (Å²) in [6.07, 6.45) is 1.50. The molecular formula is C19H21N3O4S. The van der Waals surface area contributed by atoms with E-state index in [-0.39, 0.29) is 18.2 Å². The zero-order chi connectivity index (χ0) is 19.6. The Balaban J connectivity index is 1.68. The predicted molar refractivity (Wildman–Crippen MR) is 103 cm³/mol. The summed E-state index contributed by atoms with van der Waals surface area (Å²) in [7, 11) is 1.29. The van der Waals surface area contributed by atoms with Crippen LogP contribution in [0, 0.1) is 5.92 Å². The minimum absolute atomic E-state index is 0.0783. The molecule has 0 saturated carbocycles. The zero-order valence-electron chi connectivity index (χ0n) is 15.4. The number of ether oxygens (including phenoxy) is 1. The molecule has 0 bridgehead atoms. The highest BCUT2D eigenvalue weighted by Gasteiger charge is 2.35. The van der Waals surface area contributed by atoms with Gasteiger partial charge in [0.25, 0.3) is 0 Å². The van der Waals surface area contributed by atoms with E-state index in [1.54, 1.807) is 4.90 Å². The van der Waals surface area contributed by atoms with Gasteiger partial charge < -0.3 is 15.0 Å². The van der Waals surface area contributed by atoms with Crippen LogP contribution < -0.4 is 10.2 Å². The number of thiazole rings is 1. The van der Waals surface area contributed by atoms with Crippen molar-refractivity contribution in [1.82, 2.24) is 4.98 Å². The molecule has 1 atom stereocenters. The molecule has 1 unspecified atom stereocenters. The fourth-order valence-electron chi connectivity index (χ4n) is 2.92. The Morgan fingerprint density at radius 3 is 2.85 bits per heavy atom. The number of esters is 1. The van der Waals surface area contributed by atoms with Crippen molar-refractivity contribution in [2.24, 2.45) is 5.92 Å². The van der Waals surface area contributed by atoms with Gasteiger partial charge in [-0.3, -0.25) is 9.59 Å². The van der Waals surface area contributed by atoms with Gasteiger partial charge in [0.15, 0.2) is 5.13 Å². The number of methoxy groups -OCH3 is 1. The Bertz CT molecular complexity index is 877. The van der Waals surface area contributed by atoms with Crippen LogP contribution in [0.3, 0.4) is 0 Å². The van der Waals surface area contributed by atoms with Gasteiger partial charge in [-0.05, 0) is 23.6 Å². The molecule has 8 heteroatoms. The van der Waals surface area contributed by atoms with Gasteiger partial charge in [-0.1, -0.05) is 37.3 Å². The van der Waals surface area contributed by atoms with E-state index in [0.29, 0.717) is 22.5 Å². The molecular weight excluding hydrogens is 366 g/mol. The number of hydrogen-bond acceptors (Lipinski definition) is 6. The van der Waals surface area contributed by atoms with Crippen molar-refractivity contribution in [3.05, 3.63) is 40.9 Å². The first kappa shape index (κ1) is 19.0. The van der Waals surface area contributed by atoms with Gasteiger partial charge in [0, 0.05) is 18.7 Å². The first-order valence-electron chi connectivity index (χ1n) is 8.64. The normalized spacial score (nSPS) is 16.7. The highest BCUT2D eigenvalue weighted by Crippen LogP contribution is 2.29. The highest BCUT2D eigenvalue weighted by atomic mass is 32.1. The standard InChI is InChI=1S/C19H21N3O4S/c1-11(2)12-5-4-6-14(7-12)22-10-13(8-16(22)23)17(24)21-19-20-9-15(27-19)18(25)26-3/h4-7,9,11,13H,8,10H2,1-3H3,(H,20,21,24). The third-order valence-electron chi connectivity index (χ3n) is 4.47. The molecule has 142 valence electrons. The Hall–Kier alpha value is -2.74. The Morgan fingerprint density at radius 2 is 2.15 bits per heavy atom. The molecule has 3 rings (SSSR count). The van der Waals surface area contributed by atoms with E-state index in [2.05, 4.69) is 28.9 Å². The molecule has 1 N–H and O–H groups in total. The summed E-state index contributed by atoms with van der Waals surface area (Å²) in [4.78, 5) is 42.4. The average molecular weight is 387 g/mol. The van der Waals surface area contributed by atoms with E-state index in [0.717, 1.165) is 22.6 Å². The molecule has 27 heavy (non-hydrogen) atoms. The molecule has 1 aliphatic heterocycles. The number of carbonyl (C=O) groups is 3. The lowest BCUT2D eigenvalue weighted by Gasteiger charge is -2.18. The van der Waals surface area contributed by atoms with Gasteiger partial charge in [-0.15, -0.1) is 0 Å². The van der Waals surface area contributed by atoms with E-state index >= 15 is 0 Å². The van der Waals surface area contributed by atoms with E-state index in [9.17, 15) is 14.4 Å². The van der Waals surface area contributed by atoms with Crippen LogP contribution in [-0.4, -0.2) is 36.4 Å². The maximum atomic E-state index is 12.5. The number of benzene rings is 1. The SMILES string of the molecule is COC(=O)c1cnc(NC(=O)C2CC(=O)N(c3cccc(C(C)C)c3)C2)s1. The van der Waals surface area contributed by atoms with Crippen molar-refractivity contribution in [2.45, 2.75) is 26.2 Å². The fraction of sp³-hybridized carbons (Fsp3) is 0.368. The first-order chi connectivity index (χ1) is 12.9. The number of nitrogens with one attached hydrogen (secondary N) is 1. The molecule has 0 radical (unpaired) electrons. The lowest BCUT2D eigenvalue weighted by atomic mass is 10.0. The van der Waals surface area contributed by atoms with E-state index in [1.165, 1.54) is 13.3 Å². The van der Waals surface area contributed by atoms with Gasteiger partial charge >= 0.3 is 5.97 Å². The molecule has 2 aromatic rings. The van der Waals surface area contributed by atoms with Crippen molar-refractivity contribution in [3.63, 3.8) is 0 Å². The van der Waals surface area contributed by atoms with Crippen LogP contribution in [0.15, 0.2) is 30.5 Å². The Kier molecular flexibility index (Phi) is 5.55. The zero-order valence-corrected chi connectivity index (χ0v) is 16.2. The third-order valence-corrected chi connectivity index (χ3v) is 5.36. The van der Waals surface area contributed by atoms with Crippen LogP contribution in [0.1, 0.15) is 41.4 Å². The summed E-state index contributed by atoms with van der Waals surface area (Å²) < 4.78 is 4.63. The van der Waals surface area contributed by atoms with Gasteiger partial charge in [0.05, 0.1) is 19.2 Å². The Morgan fingerprint density at radius 1 is 1.37 bits per heavy atom. The van der Waals surface area contributed by atoms with Crippen LogP contribution in [0.25, 0.3) is 0 Å². The summed E-state index contributed by atoms with van der Waals surface area (Å²) in [6.45, 7) is 4.51. The molecule has 2 amide bonds. The molecule has 0 spiro atoms. The van der Waals surface area contributed by atoms with Crippen molar-refractivity contribution in [2.75, 3.05) is 23.9 Å². The number of anilines is 2. The number of rotatable bonds is 5. The summed E-state index contributed by atoms with van der Waals surface area (Å²) in [5.41, 5.74) is 1.95. The lowest BCUT2D eigenvalue weighted by Crippen LogP contribution is -2.28. The van der Waals surface area contributed by atoms with Gasteiger partial charge in [-0.2, -0.15) is 0 Å². The minimum atomic E-state index is -0.500. The van der Waals surface area contributed by atoms with Gasteiger partial charge in [0.2, 0.25) is 11.8 Å². The number of carbonyl (C=O) groups excluding carboxylic acids is 3. The molecule has 1 fully saturated rings. The monoisotopic (exact) mass is 387 g/mol. The molecule has 1 saturated heterocycles. The number of amides is 2. The first-order valence-corrected chi connectivity index (χ1v) is 9.46. The predicted octanol–water partition coefficient (Wildman–Crippen LogP) is 3.04. The van der Waals surface area contributed by atoms with Crippen molar-refractivity contribution < 1.29 is 19.1 Å². The second-order valence-corrected chi connectivity index (χ2v) is 7.70. The lowest BCUT2D eigenvalue weighted by molar-refractivity contribution is -0.122. The van der Waals surface area contributed by atoms with Crippen LogP contribution in [-0.2, 0) is 14.3 Å². The molecule has 2 heterocycles. The summed E-state index contributed by atoms with van der Waals surface area (Å²) in [5, 5.41) is 3.00. The van der Waals surface area contributed by atoms with E-state index < -0.39 is 11.9 Å². The topological polar surface area (TPSA) is 88.6 Å². The van der Waals surface area contributed by atoms with E-state index in [1.807, 2.05) is 24.3 Å². The van der Waals surface area contributed by atoms with E-state index in [4.69, 9.17) is 0 Å². The summed E-state index contributed by atoms with van der Waals surface area (Å²) >= 11 is 1.04. The third kappa shape index (κ3) is 4.16. The van der Waals surface area contributed by atoms with Crippen molar-refractivity contribution >= 4 is 39.9 Å². The number of aromatic nitrogens is 1. The second-order valence-electron chi connectivity index (χ2n) is 6.67. The molecule has 1 aromatic carbocycles. The van der Waals surface area contributed by atoms with Gasteiger partial charge in [-0.25, -0.2) is 9.78 Å².